The maximum absolute atomic E-state index is 12.9. The minimum absolute atomic E-state index is 0.448. The minimum atomic E-state index is -6.05. The van der Waals surface area contributed by atoms with Crippen LogP contribution in [-0.2, 0) is 44.8 Å². The molecule has 0 amide bonds. The summed E-state index contributed by atoms with van der Waals surface area (Å²) in [4.78, 5) is -3.99. The van der Waals surface area contributed by atoms with Crippen LogP contribution in [0.3, 0.4) is 0 Å². The molecule has 0 atom stereocenters. The smallest absolute Gasteiger partial charge is 0.416 e. The van der Waals surface area contributed by atoms with E-state index in [0.29, 0.717) is 0 Å². The molecule has 0 aliphatic carbocycles. The van der Waals surface area contributed by atoms with Crippen molar-refractivity contribution in [1.29, 1.82) is 0 Å². The molecular weight excluding hydrogens is 562 g/mol. The number of halogens is 12. The number of alkyl halides is 12. The summed E-state index contributed by atoms with van der Waals surface area (Å²) in [6.07, 6.45) is -22.3. The minimum Gasteiger partial charge on any atom is -0.428 e. The topological polar surface area (TPSA) is 82.4 Å². The Hall–Kier alpha value is -2.54. The first kappa shape index (κ1) is 28.7. The van der Waals surface area contributed by atoms with Crippen LogP contribution in [0.5, 0.6) is 0 Å². The average Bonchev–Trinajstić information content (AvgIpc) is 2.63. The van der Waals surface area contributed by atoms with Gasteiger partial charge in [-0.25, -0.2) is 16.8 Å². The van der Waals surface area contributed by atoms with Crippen molar-refractivity contribution in [2.24, 2.45) is 0 Å². The Morgan fingerprint density at radius 3 is 0.800 bits per heavy atom. The molecule has 0 aromatic heterocycles. The summed E-state index contributed by atoms with van der Waals surface area (Å²) in [5.74, 6) is 0. The van der Waals surface area contributed by atoms with Gasteiger partial charge in [0.25, 0.3) is 0 Å². The van der Waals surface area contributed by atoms with Crippen LogP contribution in [0.1, 0.15) is 22.3 Å². The van der Waals surface area contributed by atoms with E-state index in [1.165, 1.54) is 0 Å². The third kappa shape index (κ3) is 6.78. The van der Waals surface area contributed by atoms with E-state index < -0.39 is 113 Å². The fourth-order valence-corrected chi connectivity index (χ4v) is 5.19. The van der Waals surface area contributed by atoms with Crippen molar-refractivity contribution in [2.75, 3.05) is 0 Å². The van der Waals surface area contributed by atoms with Gasteiger partial charge in [0.2, 0.25) is 0 Å². The monoisotopic (exact) mass is 568 g/mol. The van der Waals surface area contributed by atoms with Crippen molar-refractivity contribution in [3.05, 3.63) is 62.8 Å². The molecule has 2 aromatic rings. The Kier molecular flexibility index (Phi) is 7.00. The van der Waals surface area contributed by atoms with Crippen LogP contribution in [0, 0.1) is 0 Å². The summed E-state index contributed by atoms with van der Waals surface area (Å²) < 4.78 is 206. The lowest BCUT2D eigenvalue weighted by atomic mass is 10.1. The van der Waals surface area contributed by atoms with E-state index in [1.807, 2.05) is 4.13 Å². The summed E-state index contributed by atoms with van der Waals surface area (Å²) in [7, 11) is -12.1. The predicted octanol–water partition coefficient (Wildman–Crippen LogP) is 6.21. The molecule has 2 aromatic carbocycles. The van der Waals surface area contributed by atoms with Gasteiger partial charge in [-0.1, -0.05) is 0 Å². The van der Waals surface area contributed by atoms with Crippen LogP contribution in [0.4, 0.5) is 52.7 Å². The largest absolute Gasteiger partial charge is 0.428 e. The molecule has 0 saturated carbocycles. The maximum atomic E-state index is 12.9. The van der Waals surface area contributed by atoms with Crippen LogP contribution in [0.2, 0.25) is 0 Å². The Morgan fingerprint density at radius 1 is 0.429 bits per heavy atom. The van der Waals surface area contributed by atoms with Gasteiger partial charge in [0.15, 0.2) is 0 Å². The maximum Gasteiger partial charge on any atom is 0.416 e. The molecule has 0 fully saturated rings. The molecule has 0 bridgehead atoms. The van der Waals surface area contributed by atoms with Gasteiger partial charge in [-0.2, -0.15) is 52.7 Å². The molecule has 19 heteroatoms. The van der Waals surface area contributed by atoms with E-state index in [-0.39, 0.29) is 0 Å². The lowest BCUT2D eigenvalue weighted by molar-refractivity contribution is -0.145. The zero-order valence-corrected chi connectivity index (χ0v) is 17.5. The van der Waals surface area contributed by atoms with Crippen molar-refractivity contribution < 1.29 is 69.5 Å². The molecule has 0 heterocycles. The summed E-state index contributed by atoms with van der Waals surface area (Å²) >= 11 is 0. The number of benzene rings is 2. The Bertz CT molecular complexity index is 1170. The number of nitrogens with zero attached hydrogens (tertiary/aromatic N) is 1. The standard InChI is InChI=1S/C16H6F12NO4S2/c17-13(18,19)7-1-8(14(20,21)22)4-11(3-7)34(30,31)29-35(32,33)12-5-9(15(23,24)25)2-10(6-12)16(26,27)28/h1-6H/q-1. The summed E-state index contributed by atoms with van der Waals surface area (Å²) in [5.41, 5.74) is -8.84. The van der Waals surface area contributed by atoms with Gasteiger partial charge >= 0.3 is 24.7 Å². The number of hydrogen-bond acceptors (Lipinski definition) is 4. The van der Waals surface area contributed by atoms with E-state index in [0.717, 1.165) is 0 Å². The first-order valence-corrected chi connectivity index (χ1v) is 11.1. The quantitative estimate of drug-likeness (QED) is 0.411. The molecule has 0 spiro atoms. The van der Waals surface area contributed by atoms with Crippen molar-refractivity contribution >= 4 is 20.0 Å². The van der Waals surface area contributed by atoms with Gasteiger partial charge in [0.1, 0.15) is 20.0 Å². The van der Waals surface area contributed by atoms with Crippen LogP contribution >= 0.6 is 0 Å². The van der Waals surface area contributed by atoms with Gasteiger partial charge in [-0.05, 0) is 36.4 Å². The molecule has 35 heavy (non-hydrogen) atoms. The number of sulfonamides is 2. The summed E-state index contributed by atoms with van der Waals surface area (Å²) in [6.45, 7) is 0. The molecule has 0 unspecified atom stereocenters. The third-order valence-corrected chi connectivity index (χ3v) is 7.15. The third-order valence-electron chi connectivity index (χ3n) is 3.91. The highest BCUT2D eigenvalue weighted by atomic mass is 32.3. The van der Waals surface area contributed by atoms with Crippen LogP contribution in [0.15, 0.2) is 46.2 Å². The van der Waals surface area contributed by atoms with Gasteiger partial charge in [-0.3, -0.25) is 0 Å². The van der Waals surface area contributed by atoms with E-state index in [4.69, 9.17) is 0 Å². The highest BCUT2D eigenvalue weighted by Gasteiger charge is 2.39. The zero-order chi connectivity index (χ0) is 27.4. The highest BCUT2D eigenvalue weighted by molar-refractivity contribution is 8.12. The zero-order valence-electron chi connectivity index (χ0n) is 15.9. The van der Waals surface area contributed by atoms with Crippen LogP contribution in [0.25, 0.3) is 4.13 Å². The Labute approximate surface area is 187 Å². The molecule has 0 radical (unpaired) electrons. The number of rotatable bonds is 4. The molecule has 0 saturated heterocycles. The Balaban J connectivity index is 2.70. The number of hydrogen-bond donors (Lipinski definition) is 0. The molecule has 5 nitrogen and oxygen atoms in total. The van der Waals surface area contributed by atoms with E-state index in [9.17, 15) is 69.5 Å². The van der Waals surface area contributed by atoms with Gasteiger partial charge in [0.05, 0.1) is 32.0 Å². The second-order valence-corrected chi connectivity index (χ2v) is 9.95. The van der Waals surface area contributed by atoms with E-state index in [1.54, 1.807) is 0 Å². The predicted molar refractivity (Wildman–Crippen MR) is 90.6 cm³/mol. The SMILES string of the molecule is O=S(=O)([N-]S(=O)(=O)c1cc(C(F)(F)F)cc(C(F)(F)F)c1)c1cc(C(F)(F)F)cc(C(F)(F)F)c1. The van der Waals surface area contributed by atoms with Crippen molar-refractivity contribution in [3.8, 4) is 0 Å². The molecule has 0 aliphatic heterocycles. The van der Waals surface area contributed by atoms with Gasteiger partial charge < -0.3 is 4.13 Å². The second kappa shape index (κ2) is 8.54. The normalized spacial score (nSPS) is 14.3. The lowest BCUT2D eigenvalue weighted by Gasteiger charge is -2.23. The average molecular weight is 568 g/mol. The van der Waals surface area contributed by atoms with Crippen molar-refractivity contribution in [3.63, 3.8) is 0 Å². The fraction of sp³-hybridized carbons (Fsp3) is 0.250. The van der Waals surface area contributed by atoms with Gasteiger partial charge in [-0.15, -0.1) is 0 Å². The van der Waals surface area contributed by atoms with Crippen LogP contribution in [-0.4, -0.2) is 16.8 Å². The Morgan fingerprint density at radius 2 is 0.629 bits per heavy atom. The van der Waals surface area contributed by atoms with E-state index in [2.05, 4.69) is 0 Å². The first-order valence-electron chi connectivity index (χ1n) is 8.17. The molecule has 196 valence electrons. The van der Waals surface area contributed by atoms with Crippen LogP contribution < -0.4 is 0 Å². The lowest BCUT2D eigenvalue weighted by Crippen LogP contribution is -2.16. The van der Waals surface area contributed by atoms with Crippen molar-refractivity contribution in [1.82, 2.24) is 0 Å². The summed E-state index contributed by atoms with van der Waals surface area (Å²) in [6, 6.07) is -2.83. The molecule has 2 rings (SSSR count). The second-order valence-electron chi connectivity index (χ2n) is 6.51. The van der Waals surface area contributed by atoms with E-state index >= 15 is 0 Å². The molecule has 0 aliphatic rings. The fourth-order valence-electron chi connectivity index (χ4n) is 2.37. The highest BCUT2D eigenvalue weighted by Crippen LogP contribution is 2.41. The van der Waals surface area contributed by atoms with Gasteiger partial charge in [0, 0.05) is 0 Å². The van der Waals surface area contributed by atoms with Crippen molar-refractivity contribution in [2.45, 2.75) is 34.5 Å². The summed E-state index contributed by atoms with van der Waals surface area (Å²) in [5, 5.41) is 0. The molecule has 0 N–H and O–H groups in total. The first-order chi connectivity index (χ1) is 15.3. The molecular formula is C16H6F12NO4S2-.